The molecule has 0 amide bonds. The van der Waals surface area contributed by atoms with Gasteiger partial charge in [-0.1, -0.05) is 213 Å². The summed E-state index contributed by atoms with van der Waals surface area (Å²) in [7, 11) is -2.10. The van der Waals surface area contributed by atoms with Crippen molar-refractivity contribution >= 4 is 53.6 Å². The summed E-state index contributed by atoms with van der Waals surface area (Å²) in [4.78, 5) is 22.3. The molecule has 11 aromatic rings. The summed E-state index contributed by atoms with van der Waals surface area (Å²) in [6.45, 7) is 34.8. The lowest BCUT2D eigenvalue weighted by atomic mass is 9.79. The van der Waals surface area contributed by atoms with Gasteiger partial charge >= 0.3 is 0 Å². The van der Waals surface area contributed by atoms with Crippen molar-refractivity contribution in [3.05, 3.63) is 210 Å². The van der Waals surface area contributed by atoms with E-state index < -0.39 is 10.0 Å². The second kappa shape index (κ2) is 18.4. The lowest BCUT2D eigenvalue weighted by Crippen LogP contribution is -2.19. The third-order valence-electron chi connectivity index (χ3n) is 15.6. The number of rotatable bonds is 7. The Labute approximate surface area is 458 Å². The summed E-state index contributed by atoms with van der Waals surface area (Å²) >= 11 is 0. The number of hydrogen-bond donors (Lipinski definition) is 0. The molecule has 0 radical (unpaired) electrons. The zero-order chi connectivity index (χ0) is 54.6. The van der Waals surface area contributed by atoms with Gasteiger partial charge in [0.25, 0.3) is 0 Å². The molecule has 0 aliphatic heterocycles. The first-order valence-electron chi connectivity index (χ1n) is 27.4. The maximum absolute atomic E-state index is 5.79. The Kier molecular flexibility index (Phi) is 12.4. The van der Waals surface area contributed by atoms with E-state index in [1.54, 1.807) is 0 Å². The summed E-state index contributed by atoms with van der Waals surface area (Å²) in [6, 6.07) is 68.0. The Morgan fingerprint density at radius 2 is 0.701 bits per heavy atom. The van der Waals surface area contributed by atoms with Gasteiger partial charge in [0.15, 0.2) is 5.82 Å². The van der Waals surface area contributed by atoms with Crippen LogP contribution in [0.25, 0.3) is 66.9 Å². The van der Waals surface area contributed by atoms with E-state index in [2.05, 4.69) is 295 Å². The fourth-order valence-electron chi connectivity index (χ4n) is 11.3. The van der Waals surface area contributed by atoms with Crippen LogP contribution in [-0.4, -0.2) is 24.1 Å². The summed E-state index contributed by atoms with van der Waals surface area (Å²) in [6.07, 6.45) is 0. The molecule has 5 nitrogen and oxygen atoms in total. The fraction of sp³-hybridized carbons (Fsp3) is 0.282. The number of benzene rings is 8. The van der Waals surface area contributed by atoms with Crippen LogP contribution in [0.15, 0.2) is 202 Å². The Morgan fingerprint density at radius 1 is 0.312 bits per heavy atom. The minimum absolute atomic E-state index is 0.0595. The third-order valence-corrected chi connectivity index (χ3v) is 19.5. The first kappa shape index (κ1) is 51.8. The first-order valence-corrected chi connectivity index (χ1v) is 29.1. The molecule has 390 valence electrons. The van der Waals surface area contributed by atoms with Gasteiger partial charge in [-0.15, -0.1) is 10.0 Å². The topological polar surface area (TPSA) is 48.5 Å². The molecule has 0 saturated carbocycles. The summed E-state index contributed by atoms with van der Waals surface area (Å²) in [5, 5.41) is 4.73. The second-order valence-electron chi connectivity index (χ2n) is 26.3. The van der Waals surface area contributed by atoms with Crippen LogP contribution in [0.4, 0.5) is 0 Å². The minimum atomic E-state index is -2.10. The Bertz CT molecular complexity index is 3840. The largest absolute Gasteiger partial charge is 0.277 e. The molecule has 0 unspecified atom stereocenters. The number of nitrogens with zero attached hydrogens (tertiary/aromatic N) is 5. The summed E-state index contributed by atoms with van der Waals surface area (Å²) in [5.74, 6) is 1.76. The van der Waals surface area contributed by atoms with E-state index in [0.717, 1.165) is 27.6 Å². The highest BCUT2D eigenvalue weighted by molar-refractivity contribution is 8.34. The quantitative estimate of drug-likeness (QED) is 0.160. The van der Waals surface area contributed by atoms with Gasteiger partial charge in [-0.05, 0) is 128 Å². The minimum Gasteiger partial charge on any atom is -0.277 e. The van der Waals surface area contributed by atoms with E-state index in [4.69, 9.17) is 15.0 Å². The number of para-hydroxylation sites is 2. The second-order valence-corrected chi connectivity index (χ2v) is 29.5. The van der Waals surface area contributed by atoms with Crippen LogP contribution in [0, 0.1) is 0 Å². The zero-order valence-electron chi connectivity index (χ0n) is 48.0. The van der Waals surface area contributed by atoms with Gasteiger partial charge in [0, 0.05) is 46.7 Å². The molecule has 8 aromatic carbocycles. The van der Waals surface area contributed by atoms with E-state index in [-0.39, 0.29) is 27.1 Å². The average Bonchev–Trinajstić information content (AvgIpc) is 3.99. The molecule has 0 atom stereocenters. The van der Waals surface area contributed by atoms with Gasteiger partial charge in [-0.3, -0.25) is 9.13 Å². The van der Waals surface area contributed by atoms with Gasteiger partial charge < -0.3 is 0 Å². The van der Waals surface area contributed by atoms with Crippen molar-refractivity contribution in [3.63, 3.8) is 0 Å². The molecule has 0 aliphatic rings. The van der Waals surface area contributed by atoms with Crippen molar-refractivity contribution in [2.45, 2.75) is 151 Å². The SMILES string of the molecule is CC(C)(C)c1cccc(S(c2ccccc2)(c2ccccc2)c2cccc(-c3nc(-n4c5ccccc5c5cc(C(C)(C)C)cc(C(C)(C)C)c54)nc(-n4c5ccccc5c5cc(C(C)(C)C)cc(C(C)(C)C)c54)n3)c2)c1. The Balaban J connectivity index is 1.29. The molecule has 3 aromatic heterocycles. The average molecular weight is 1030 g/mol. The normalized spacial score (nSPS) is 13.3. The molecule has 0 saturated heterocycles. The predicted molar refractivity (Wildman–Crippen MR) is 327 cm³/mol. The summed E-state index contributed by atoms with van der Waals surface area (Å²) < 4.78 is 4.68. The molecule has 6 heteroatoms. The zero-order valence-corrected chi connectivity index (χ0v) is 48.8. The fourth-order valence-corrected chi connectivity index (χ4v) is 15.3. The van der Waals surface area contributed by atoms with E-state index >= 15 is 0 Å². The van der Waals surface area contributed by atoms with Crippen molar-refractivity contribution in [2.75, 3.05) is 0 Å². The van der Waals surface area contributed by atoms with Gasteiger partial charge in [-0.25, -0.2) is 0 Å². The molecular weight excluding hydrogens is 955 g/mol. The van der Waals surface area contributed by atoms with Crippen molar-refractivity contribution in [1.29, 1.82) is 0 Å². The lowest BCUT2D eigenvalue weighted by Gasteiger charge is -2.42. The van der Waals surface area contributed by atoms with Crippen molar-refractivity contribution in [2.24, 2.45) is 0 Å². The highest BCUT2D eigenvalue weighted by atomic mass is 32.3. The van der Waals surface area contributed by atoms with Crippen LogP contribution >= 0.6 is 10.0 Å². The predicted octanol–water partition coefficient (Wildman–Crippen LogP) is 19.6. The van der Waals surface area contributed by atoms with E-state index in [1.807, 2.05) is 0 Å². The molecule has 0 bridgehead atoms. The monoisotopic (exact) mass is 1030 g/mol. The first-order chi connectivity index (χ1) is 36.3. The highest BCUT2D eigenvalue weighted by Crippen LogP contribution is 2.73. The number of aromatic nitrogens is 5. The van der Waals surface area contributed by atoms with Crippen LogP contribution in [0.2, 0.25) is 0 Å². The molecule has 0 N–H and O–H groups in total. The number of fused-ring (bicyclic) bond motifs is 6. The summed E-state index contributed by atoms with van der Waals surface area (Å²) in [5.41, 5.74) is 11.0. The molecule has 3 heterocycles. The van der Waals surface area contributed by atoms with Crippen LogP contribution < -0.4 is 0 Å². The smallest absolute Gasteiger partial charge is 0.240 e. The molecule has 11 rings (SSSR count). The standard InChI is InChI=1S/C71H75N5S/c1-67(2,3)47-29-27-35-53(41-47)77(50-30-18-16-19-31-50,51-32-20-17-21-33-51)52-34-26-28-46(40-52)64-72-65(75-60-38-24-22-36-54(60)56-42-48(68(4,5)6)44-58(62(56)75)70(10,11)12)74-66(73-64)76-61-39-25-23-37-55(61)57-43-49(69(7,8)9)45-59(63(57)76)71(13,14)15/h16-45H,1-15H3. The van der Waals surface area contributed by atoms with Crippen LogP contribution in [-0.2, 0) is 27.1 Å². The van der Waals surface area contributed by atoms with Crippen LogP contribution in [0.3, 0.4) is 0 Å². The van der Waals surface area contributed by atoms with Crippen molar-refractivity contribution in [3.8, 4) is 23.3 Å². The molecule has 77 heavy (non-hydrogen) atoms. The van der Waals surface area contributed by atoms with Gasteiger partial charge in [0.2, 0.25) is 11.9 Å². The van der Waals surface area contributed by atoms with Crippen molar-refractivity contribution in [1.82, 2.24) is 24.1 Å². The van der Waals surface area contributed by atoms with Gasteiger partial charge in [-0.2, -0.15) is 15.0 Å². The van der Waals surface area contributed by atoms with E-state index in [1.165, 1.54) is 68.9 Å². The highest BCUT2D eigenvalue weighted by Gasteiger charge is 2.36. The van der Waals surface area contributed by atoms with Crippen LogP contribution in [0.5, 0.6) is 0 Å². The molecule has 0 spiro atoms. The van der Waals surface area contributed by atoms with E-state index in [9.17, 15) is 0 Å². The Morgan fingerprint density at radius 3 is 1.13 bits per heavy atom. The maximum Gasteiger partial charge on any atom is 0.240 e. The van der Waals surface area contributed by atoms with Gasteiger partial charge in [0.05, 0.1) is 22.1 Å². The lowest BCUT2D eigenvalue weighted by molar-refractivity contribution is 0.571. The molecule has 0 fully saturated rings. The molecular formula is C71H75N5S. The van der Waals surface area contributed by atoms with Gasteiger partial charge in [0.1, 0.15) is 0 Å². The number of hydrogen-bond acceptors (Lipinski definition) is 3. The molecule has 0 aliphatic carbocycles. The van der Waals surface area contributed by atoms with Crippen molar-refractivity contribution < 1.29 is 0 Å². The maximum atomic E-state index is 5.79. The van der Waals surface area contributed by atoms with E-state index in [0.29, 0.717) is 17.7 Å². The Hall–Kier alpha value is -7.28. The van der Waals surface area contributed by atoms with Crippen LogP contribution in [0.1, 0.15) is 132 Å². The third kappa shape index (κ3) is 8.97.